The summed E-state index contributed by atoms with van der Waals surface area (Å²) in [6.07, 6.45) is 10.8. The first kappa shape index (κ1) is 16.6. The Balaban J connectivity index is 1.49. The molecule has 134 valence electrons. The van der Waals surface area contributed by atoms with Crippen LogP contribution in [0.15, 0.2) is 24.5 Å². The van der Waals surface area contributed by atoms with Crippen LogP contribution in [0.1, 0.15) is 56.6 Å². The minimum atomic E-state index is -0.159. The largest absolute Gasteiger partial charge is 0.342 e. The summed E-state index contributed by atoms with van der Waals surface area (Å²) >= 11 is 0. The second-order valence-corrected chi connectivity index (χ2v) is 7.82. The summed E-state index contributed by atoms with van der Waals surface area (Å²) in [5.41, 5.74) is 1.17. The van der Waals surface area contributed by atoms with Crippen LogP contribution in [0, 0.1) is 11.8 Å². The molecule has 2 saturated heterocycles. The molecule has 2 aliphatic heterocycles. The lowest BCUT2D eigenvalue weighted by Gasteiger charge is -2.32. The number of hydrogen-bond acceptors (Lipinski definition) is 3. The first-order valence-electron chi connectivity index (χ1n) is 9.70. The Hall–Kier alpha value is -1.91. The van der Waals surface area contributed by atoms with Crippen molar-refractivity contribution in [2.75, 3.05) is 19.6 Å². The Kier molecular flexibility index (Phi) is 4.73. The molecular formula is C20H27N3O2. The van der Waals surface area contributed by atoms with Gasteiger partial charge < -0.3 is 9.80 Å². The zero-order valence-electron chi connectivity index (χ0n) is 14.8. The molecular weight excluding hydrogens is 314 g/mol. The first-order valence-corrected chi connectivity index (χ1v) is 9.70. The number of amides is 2. The van der Waals surface area contributed by atoms with E-state index in [4.69, 9.17) is 0 Å². The van der Waals surface area contributed by atoms with Crippen LogP contribution in [-0.2, 0) is 9.59 Å². The van der Waals surface area contributed by atoms with Crippen molar-refractivity contribution in [2.24, 2.45) is 11.8 Å². The van der Waals surface area contributed by atoms with Crippen molar-refractivity contribution in [1.82, 2.24) is 14.8 Å². The number of pyridine rings is 1. The number of carbonyl (C=O) groups excluding carboxylic acids is 2. The van der Waals surface area contributed by atoms with Gasteiger partial charge in [0.25, 0.3) is 0 Å². The lowest BCUT2D eigenvalue weighted by Crippen LogP contribution is -2.40. The van der Waals surface area contributed by atoms with E-state index in [1.54, 1.807) is 12.4 Å². The second-order valence-electron chi connectivity index (χ2n) is 7.82. The van der Waals surface area contributed by atoms with E-state index in [1.165, 1.54) is 24.8 Å². The van der Waals surface area contributed by atoms with E-state index in [0.29, 0.717) is 18.9 Å². The van der Waals surface area contributed by atoms with Crippen LogP contribution >= 0.6 is 0 Å². The van der Waals surface area contributed by atoms with Gasteiger partial charge in [0.05, 0.1) is 12.0 Å². The van der Waals surface area contributed by atoms with E-state index in [-0.39, 0.29) is 23.8 Å². The summed E-state index contributed by atoms with van der Waals surface area (Å²) in [6, 6.07) is 4.18. The molecule has 25 heavy (non-hydrogen) atoms. The molecule has 1 aromatic rings. The average Bonchev–Trinajstić information content (AvgIpc) is 3.41. The van der Waals surface area contributed by atoms with Gasteiger partial charge in [-0.25, -0.2) is 0 Å². The fourth-order valence-corrected chi connectivity index (χ4v) is 4.26. The summed E-state index contributed by atoms with van der Waals surface area (Å²) in [5, 5.41) is 0. The van der Waals surface area contributed by atoms with Crippen molar-refractivity contribution in [3.63, 3.8) is 0 Å². The van der Waals surface area contributed by atoms with Crippen LogP contribution in [0.3, 0.4) is 0 Å². The van der Waals surface area contributed by atoms with Crippen molar-refractivity contribution in [3.05, 3.63) is 30.1 Å². The summed E-state index contributed by atoms with van der Waals surface area (Å²) in [6.45, 7) is 2.28. The minimum Gasteiger partial charge on any atom is -0.342 e. The number of hydrogen-bond donors (Lipinski definition) is 0. The molecule has 0 bridgehead atoms. The molecule has 4 rings (SSSR count). The molecule has 3 aliphatic rings. The third-order valence-corrected chi connectivity index (χ3v) is 5.87. The molecule has 1 aromatic heterocycles. The van der Waals surface area contributed by atoms with E-state index in [2.05, 4.69) is 9.88 Å². The molecule has 3 fully saturated rings. The summed E-state index contributed by atoms with van der Waals surface area (Å²) in [5.74, 6) is 0.866. The molecule has 2 atom stereocenters. The van der Waals surface area contributed by atoms with E-state index in [1.807, 2.05) is 17.0 Å². The van der Waals surface area contributed by atoms with Crippen LogP contribution in [0.5, 0.6) is 0 Å². The van der Waals surface area contributed by atoms with Gasteiger partial charge >= 0.3 is 0 Å². The van der Waals surface area contributed by atoms with Crippen molar-refractivity contribution >= 4 is 11.8 Å². The van der Waals surface area contributed by atoms with E-state index < -0.39 is 0 Å². The molecule has 2 unspecified atom stereocenters. The Morgan fingerprint density at radius 2 is 1.92 bits per heavy atom. The quantitative estimate of drug-likeness (QED) is 0.846. The third-order valence-electron chi connectivity index (χ3n) is 5.87. The normalized spacial score (nSPS) is 27.4. The van der Waals surface area contributed by atoms with Crippen LogP contribution < -0.4 is 0 Å². The van der Waals surface area contributed by atoms with Gasteiger partial charge in [-0.1, -0.05) is 12.8 Å². The topological polar surface area (TPSA) is 53.5 Å². The van der Waals surface area contributed by atoms with Gasteiger partial charge in [-0.05, 0) is 49.3 Å². The fourth-order valence-electron chi connectivity index (χ4n) is 4.26. The summed E-state index contributed by atoms with van der Waals surface area (Å²) < 4.78 is 0. The zero-order valence-corrected chi connectivity index (χ0v) is 14.8. The van der Waals surface area contributed by atoms with Crippen LogP contribution in [0.25, 0.3) is 0 Å². The smallest absolute Gasteiger partial charge is 0.228 e. The Labute approximate surface area is 149 Å². The third kappa shape index (κ3) is 3.70. The molecule has 0 aromatic carbocycles. The van der Waals surface area contributed by atoms with Gasteiger partial charge in [-0.2, -0.15) is 0 Å². The maximum atomic E-state index is 13.3. The number of rotatable bonds is 4. The molecule has 0 N–H and O–H groups in total. The SMILES string of the molecule is O=C1CC(C(=O)N2CCCCCC2c2ccncc2)CN1CC1CC1. The highest BCUT2D eigenvalue weighted by molar-refractivity contribution is 5.89. The van der Waals surface area contributed by atoms with Gasteiger partial charge in [0, 0.05) is 38.4 Å². The highest BCUT2D eigenvalue weighted by Crippen LogP contribution is 2.35. The maximum absolute atomic E-state index is 13.3. The van der Waals surface area contributed by atoms with Gasteiger partial charge in [0.1, 0.15) is 0 Å². The highest BCUT2D eigenvalue weighted by Gasteiger charge is 2.40. The van der Waals surface area contributed by atoms with E-state index in [0.717, 1.165) is 32.4 Å². The molecule has 5 nitrogen and oxygen atoms in total. The molecule has 1 saturated carbocycles. The molecule has 0 radical (unpaired) electrons. The zero-order chi connectivity index (χ0) is 17.2. The van der Waals surface area contributed by atoms with Crippen LogP contribution in [0.2, 0.25) is 0 Å². The monoisotopic (exact) mass is 341 g/mol. The Morgan fingerprint density at radius 3 is 2.68 bits per heavy atom. The Bertz CT molecular complexity index is 629. The summed E-state index contributed by atoms with van der Waals surface area (Å²) in [4.78, 5) is 33.7. The standard InChI is InChI=1S/C20H27N3O2/c24-19-12-17(14-22(19)13-15-5-6-15)20(25)23-11-3-1-2-4-18(23)16-7-9-21-10-8-16/h7-10,15,17-18H,1-6,11-14H2. The van der Waals surface area contributed by atoms with Crippen molar-refractivity contribution in [1.29, 1.82) is 0 Å². The molecule has 3 heterocycles. The predicted molar refractivity (Wildman–Crippen MR) is 94.6 cm³/mol. The fraction of sp³-hybridized carbons (Fsp3) is 0.650. The maximum Gasteiger partial charge on any atom is 0.228 e. The van der Waals surface area contributed by atoms with Crippen LogP contribution in [-0.4, -0.2) is 46.2 Å². The first-order chi connectivity index (χ1) is 12.2. The molecule has 1 aliphatic carbocycles. The molecule has 2 amide bonds. The number of aromatic nitrogens is 1. The number of likely N-dealkylation sites (tertiary alicyclic amines) is 2. The number of carbonyl (C=O) groups is 2. The van der Waals surface area contributed by atoms with Gasteiger partial charge in [-0.15, -0.1) is 0 Å². The predicted octanol–water partition coefficient (Wildman–Crippen LogP) is 2.78. The van der Waals surface area contributed by atoms with Gasteiger partial charge in [0.15, 0.2) is 0 Å². The number of nitrogens with zero attached hydrogens (tertiary/aromatic N) is 3. The highest BCUT2D eigenvalue weighted by atomic mass is 16.2. The van der Waals surface area contributed by atoms with Crippen molar-refractivity contribution in [2.45, 2.75) is 51.0 Å². The Morgan fingerprint density at radius 1 is 1.12 bits per heavy atom. The second kappa shape index (κ2) is 7.14. The van der Waals surface area contributed by atoms with Crippen molar-refractivity contribution in [3.8, 4) is 0 Å². The van der Waals surface area contributed by atoms with Gasteiger partial charge in [-0.3, -0.25) is 14.6 Å². The summed E-state index contributed by atoms with van der Waals surface area (Å²) in [7, 11) is 0. The molecule has 0 spiro atoms. The minimum absolute atomic E-state index is 0.130. The lowest BCUT2D eigenvalue weighted by atomic mass is 9.99. The van der Waals surface area contributed by atoms with Crippen molar-refractivity contribution < 1.29 is 9.59 Å². The van der Waals surface area contributed by atoms with Gasteiger partial charge in [0.2, 0.25) is 11.8 Å². The van der Waals surface area contributed by atoms with Crippen LogP contribution in [0.4, 0.5) is 0 Å². The average molecular weight is 341 g/mol. The molecule has 5 heteroatoms. The van der Waals surface area contributed by atoms with E-state index >= 15 is 0 Å². The lowest BCUT2D eigenvalue weighted by molar-refractivity contribution is -0.138. The van der Waals surface area contributed by atoms with E-state index in [9.17, 15) is 9.59 Å².